The van der Waals surface area contributed by atoms with Gasteiger partial charge in [0.05, 0.1) is 32.4 Å². The first-order valence-corrected chi connectivity index (χ1v) is 12.5. The standard InChI is InChI=1S/C29H28N6O4/c1-37-25-18-24(39-27(36)21-8-4-2-5-9-21)13-12-22(25)19-30-20-26-32-28(31-23-10-6-3-7-11-23)34-29(33-26)35-14-16-38-17-15-35/h2-13,18-19H,14-17,20H2,1H3,(H,31,32,33,34). The molecule has 10 nitrogen and oxygen atoms in total. The summed E-state index contributed by atoms with van der Waals surface area (Å²) in [4.78, 5) is 32.9. The summed E-state index contributed by atoms with van der Waals surface area (Å²) in [5.41, 5.74) is 2.07. The van der Waals surface area contributed by atoms with Gasteiger partial charge < -0.3 is 24.4 Å². The van der Waals surface area contributed by atoms with E-state index in [4.69, 9.17) is 14.2 Å². The number of nitrogens with one attached hydrogen (secondary N) is 1. The Bertz CT molecular complexity index is 1430. The Morgan fingerprint density at radius 3 is 2.49 bits per heavy atom. The number of aliphatic imine (C=N–C) groups is 1. The number of ether oxygens (including phenoxy) is 3. The number of carbonyl (C=O) groups is 1. The van der Waals surface area contributed by atoms with Gasteiger partial charge in [-0.3, -0.25) is 4.99 Å². The normalized spacial score (nSPS) is 13.3. The Balaban J connectivity index is 1.32. The molecule has 0 bridgehead atoms. The molecule has 1 aliphatic rings. The van der Waals surface area contributed by atoms with Crippen molar-refractivity contribution in [1.82, 2.24) is 15.0 Å². The van der Waals surface area contributed by atoms with Crippen molar-refractivity contribution in [3.63, 3.8) is 0 Å². The van der Waals surface area contributed by atoms with Crippen LogP contribution in [0.5, 0.6) is 11.5 Å². The van der Waals surface area contributed by atoms with Crippen LogP contribution in [0.25, 0.3) is 0 Å². The molecule has 1 fully saturated rings. The van der Waals surface area contributed by atoms with Crippen molar-refractivity contribution < 1.29 is 19.0 Å². The lowest BCUT2D eigenvalue weighted by molar-refractivity contribution is 0.0734. The number of morpholine rings is 1. The van der Waals surface area contributed by atoms with E-state index in [1.807, 2.05) is 36.4 Å². The maximum absolute atomic E-state index is 12.4. The molecule has 0 unspecified atom stereocenters. The van der Waals surface area contributed by atoms with Crippen molar-refractivity contribution in [2.24, 2.45) is 4.99 Å². The summed E-state index contributed by atoms with van der Waals surface area (Å²) < 4.78 is 16.5. The van der Waals surface area contributed by atoms with Crippen LogP contribution in [0, 0.1) is 0 Å². The average molecular weight is 525 g/mol. The number of para-hydroxylation sites is 1. The van der Waals surface area contributed by atoms with E-state index in [9.17, 15) is 4.79 Å². The van der Waals surface area contributed by atoms with Gasteiger partial charge in [-0.25, -0.2) is 4.79 Å². The molecule has 10 heteroatoms. The lowest BCUT2D eigenvalue weighted by Gasteiger charge is -2.27. The Kier molecular flexibility index (Phi) is 8.35. The molecular formula is C29H28N6O4. The molecule has 0 aliphatic carbocycles. The fourth-order valence-corrected chi connectivity index (χ4v) is 3.92. The van der Waals surface area contributed by atoms with Crippen LogP contribution in [0.1, 0.15) is 21.7 Å². The van der Waals surface area contributed by atoms with Crippen molar-refractivity contribution in [3.8, 4) is 11.5 Å². The fraction of sp³-hybridized carbons (Fsp3) is 0.207. The lowest BCUT2D eigenvalue weighted by Crippen LogP contribution is -2.37. The first-order valence-electron chi connectivity index (χ1n) is 12.5. The van der Waals surface area contributed by atoms with Crippen LogP contribution in [0.2, 0.25) is 0 Å². The minimum absolute atomic E-state index is 0.233. The largest absolute Gasteiger partial charge is 0.496 e. The van der Waals surface area contributed by atoms with Gasteiger partial charge in [-0.1, -0.05) is 36.4 Å². The SMILES string of the molecule is COc1cc(OC(=O)c2ccccc2)ccc1C=NCc1nc(Nc2ccccc2)nc(N2CCOCC2)n1. The number of hydrogen-bond donors (Lipinski definition) is 1. The molecule has 0 saturated carbocycles. The molecule has 0 radical (unpaired) electrons. The number of hydrogen-bond acceptors (Lipinski definition) is 10. The van der Waals surface area contributed by atoms with Crippen molar-refractivity contribution >= 4 is 29.8 Å². The van der Waals surface area contributed by atoms with Crippen LogP contribution in [0.15, 0.2) is 83.9 Å². The van der Waals surface area contributed by atoms with E-state index in [2.05, 4.69) is 30.2 Å². The third-order valence-electron chi connectivity index (χ3n) is 5.88. The zero-order chi connectivity index (χ0) is 26.9. The van der Waals surface area contributed by atoms with E-state index < -0.39 is 5.97 Å². The van der Waals surface area contributed by atoms with Gasteiger partial charge in [-0.05, 0) is 36.4 Å². The summed E-state index contributed by atoms with van der Waals surface area (Å²) in [7, 11) is 1.55. The highest BCUT2D eigenvalue weighted by Gasteiger charge is 2.17. The van der Waals surface area contributed by atoms with Gasteiger partial charge in [0, 0.05) is 36.6 Å². The van der Waals surface area contributed by atoms with Gasteiger partial charge in [-0.2, -0.15) is 15.0 Å². The number of nitrogens with zero attached hydrogens (tertiary/aromatic N) is 5. The zero-order valence-corrected chi connectivity index (χ0v) is 21.5. The quantitative estimate of drug-likeness (QED) is 0.195. The molecule has 2 heterocycles. The molecule has 1 aromatic heterocycles. The number of aromatic nitrogens is 3. The second-order valence-corrected chi connectivity index (χ2v) is 8.59. The average Bonchev–Trinajstić information content (AvgIpc) is 2.99. The molecule has 0 spiro atoms. The number of rotatable bonds is 9. The maximum Gasteiger partial charge on any atom is 0.343 e. The highest BCUT2D eigenvalue weighted by atomic mass is 16.5. The fourth-order valence-electron chi connectivity index (χ4n) is 3.92. The van der Waals surface area contributed by atoms with Crippen molar-refractivity contribution in [1.29, 1.82) is 0 Å². The first-order chi connectivity index (χ1) is 19.2. The topological polar surface area (TPSA) is 111 Å². The Morgan fingerprint density at radius 1 is 1.00 bits per heavy atom. The van der Waals surface area contributed by atoms with Crippen LogP contribution in [0.3, 0.4) is 0 Å². The monoisotopic (exact) mass is 524 g/mol. The molecule has 1 aliphatic heterocycles. The maximum atomic E-state index is 12.4. The Morgan fingerprint density at radius 2 is 1.74 bits per heavy atom. The van der Waals surface area contributed by atoms with E-state index >= 15 is 0 Å². The van der Waals surface area contributed by atoms with Gasteiger partial charge in [-0.15, -0.1) is 0 Å². The molecule has 3 aromatic carbocycles. The summed E-state index contributed by atoms with van der Waals surface area (Å²) in [6.07, 6.45) is 1.68. The highest BCUT2D eigenvalue weighted by molar-refractivity contribution is 5.91. The molecule has 1 saturated heterocycles. The number of carbonyl (C=O) groups excluding carboxylic acids is 1. The van der Waals surface area contributed by atoms with Crippen LogP contribution < -0.4 is 19.7 Å². The van der Waals surface area contributed by atoms with E-state index in [1.165, 1.54) is 0 Å². The molecule has 0 atom stereocenters. The van der Waals surface area contributed by atoms with Crippen LogP contribution >= 0.6 is 0 Å². The summed E-state index contributed by atoms with van der Waals surface area (Å²) in [6, 6.07) is 23.7. The van der Waals surface area contributed by atoms with Crippen LogP contribution in [0.4, 0.5) is 17.6 Å². The lowest BCUT2D eigenvalue weighted by atomic mass is 10.2. The van der Waals surface area contributed by atoms with E-state index in [-0.39, 0.29) is 6.54 Å². The second kappa shape index (κ2) is 12.6. The minimum Gasteiger partial charge on any atom is -0.496 e. The Labute approximate surface area is 226 Å². The number of benzene rings is 3. The molecule has 5 rings (SSSR count). The van der Waals surface area contributed by atoms with E-state index in [0.717, 1.165) is 11.3 Å². The molecule has 198 valence electrons. The predicted octanol–water partition coefficient (Wildman–Crippen LogP) is 4.30. The van der Waals surface area contributed by atoms with E-state index in [1.54, 1.807) is 55.8 Å². The molecular weight excluding hydrogens is 496 g/mol. The molecule has 0 amide bonds. The van der Waals surface area contributed by atoms with Crippen molar-refractivity contribution in [2.75, 3.05) is 43.6 Å². The van der Waals surface area contributed by atoms with E-state index in [0.29, 0.717) is 61.1 Å². The summed E-state index contributed by atoms with van der Waals surface area (Å²) in [5.74, 6) is 2.01. The van der Waals surface area contributed by atoms with Gasteiger partial charge in [0.25, 0.3) is 0 Å². The number of anilines is 3. The summed E-state index contributed by atoms with van der Waals surface area (Å²) in [6.45, 7) is 2.89. The predicted molar refractivity (Wildman–Crippen MR) is 148 cm³/mol. The van der Waals surface area contributed by atoms with Crippen LogP contribution in [-0.2, 0) is 11.3 Å². The smallest absolute Gasteiger partial charge is 0.343 e. The number of esters is 1. The first kappa shape index (κ1) is 25.8. The van der Waals surface area contributed by atoms with Gasteiger partial charge in [0.1, 0.15) is 11.5 Å². The third kappa shape index (κ3) is 6.93. The summed E-state index contributed by atoms with van der Waals surface area (Å²) in [5, 5.41) is 3.25. The zero-order valence-electron chi connectivity index (χ0n) is 21.5. The van der Waals surface area contributed by atoms with Gasteiger partial charge in [0.15, 0.2) is 5.82 Å². The summed E-state index contributed by atoms with van der Waals surface area (Å²) >= 11 is 0. The molecule has 39 heavy (non-hydrogen) atoms. The minimum atomic E-state index is -0.440. The van der Waals surface area contributed by atoms with Gasteiger partial charge in [0.2, 0.25) is 11.9 Å². The molecule has 1 N–H and O–H groups in total. The van der Waals surface area contributed by atoms with Crippen LogP contribution in [-0.4, -0.2) is 60.5 Å². The van der Waals surface area contributed by atoms with Gasteiger partial charge >= 0.3 is 5.97 Å². The molecule has 4 aromatic rings. The third-order valence-corrected chi connectivity index (χ3v) is 5.88. The highest BCUT2D eigenvalue weighted by Crippen LogP contribution is 2.24. The second-order valence-electron chi connectivity index (χ2n) is 8.59. The number of methoxy groups -OCH3 is 1. The van der Waals surface area contributed by atoms with Crippen molar-refractivity contribution in [3.05, 3.63) is 95.8 Å². The Hall–Kier alpha value is -4.83. The van der Waals surface area contributed by atoms with Crippen molar-refractivity contribution in [2.45, 2.75) is 6.54 Å².